The number of fused-ring (bicyclic) bond motifs is 1. The SMILES string of the molecule is OC(c1c(F)cccc1F)c1cnn2ccccc12. The third-order valence-corrected chi connectivity index (χ3v) is 3.02. The molecule has 0 fully saturated rings. The molecule has 3 rings (SSSR count). The molecule has 0 amide bonds. The summed E-state index contributed by atoms with van der Waals surface area (Å²) in [5, 5.41) is 14.2. The zero-order valence-electron chi connectivity index (χ0n) is 9.79. The van der Waals surface area contributed by atoms with Gasteiger partial charge in [-0.3, -0.25) is 0 Å². The Balaban J connectivity index is 2.16. The Kier molecular flexibility index (Phi) is 2.76. The molecule has 0 aliphatic heterocycles. The fourth-order valence-corrected chi connectivity index (χ4v) is 2.09. The van der Waals surface area contributed by atoms with Crippen molar-refractivity contribution in [3.63, 3.8) is 0 Å². The molecule has 2 aromatic heterocycles. The van der Waals surface area contributed by atoms with Gasteiger partial charge in [0.15, 0.2) is 0 Å². The van der Waals surface area contributed by atoms with Gasteiger partial charge in [-0.05, 0) is 24.3 Å². The standard InChI is InChI=1S/C14H10F2N2O/c15-10-4-3-5-11(16)13(10)14(19)9-8-17-18-7-2-1-6-12(9)18/h1-8,14,19H. The van der Waals surface area contributed by atoms with Crippen LogP contribution in [0.2, 0.25) is 0 Å². The Morgan fingerprint density at radius 3 is 2.53 bits per heavy atom. The largest absolute Gasteiger partial charge is 0.383 e. The molecule has 0 aliphatic rings. The first kappa shape index (κ1) is 11.8. The summed E-state index contributed by atoms with van der Waals surface area (Å²) in [5.74, 6) is -1.55. The van der Waals surface area contributed by atoms with Crippen LogP contribution >= 0.6 is 0 Å². The maximum absolute atomic E-state index is 13.7. The average molecular weight is 260 g/mol. The third-order valence-electron chi connectivity index (χ3n) is 3.02. The van der Waals surface area contributed by atoms with E-state index in [4.69, 9.17) is 0 Å². The van der Waals surface area contributed by atoms with Crippen molar-refractivity contribution in [3.05, 3.63) is 71.6 Å². The first-order valence-corrected chi connectivity index (χ1v) is 5.72. The number of benzene rings is 1. The van der Waals surface area contributed by atoms with Gasteiger partial charge in [0.25, 0.3) is 0 Å². The van der Waals surface area contributed by atoms with E-state index in [2.05, 4.69) is 5.10 Å². The number of pyridine rings is 1. The highest BCUT2D eigenvalue weighted by Gasteiger charge is 2.22. The van der Waals surface area contributed by atoms with Gasteiger partial charge in [-0.15, -0.1) is 0 Å². The minimum Gasteiger partial charge on any atom is -0.383 e. The molecule has 1 N–H and O–H groups in total. The number of halogens is 2. The lowest BCUT2D eigenvalue weighted by Gasteiger charge is -2.11. The molecule has 0 spiro atoms. The predicted molar refractivity (Wildman–Crippen MR) is 65.6 cm³/mol. The molecule has 0 aliphatic carbocycles. The molecular formula is C14H10F2N2O. The van der Waals surface area contributed by atoms with Crippen LogP contribution in [0.15, 0.2) is 48.8 Å². The van der Waals surface area contributed by atoms with Crippen molar-refractivity contribution in [2.75, 3.05) is 0 Å². The molecule has 1 aromatic carbocycles. The number of nitrogens with zero attached hydrogens (tertiary/aromatic N) is 2. The molecule has 3 aromatic rings. The van der Waals surface area contributed by atoms with E-state index in [0.29, 0.717) is 11.1 Å². The number of hydrogen-bond donors (Lipinski definition) is 1. The van der Waals surface area contributed by atoms with Crippen LogP contribution in [0, 0.1) is 11.6 Å². The van der Waals surface area contributed by atoms with Crippen molar-refractivity contribution >= 4 is 5.52 Å². The van der Waals surface area contributed by atoms with Gasteiger partial charge in [0.1, 0.15) is 17.7 Å². The van der Waals surface area contributed by atoms with Gasteiger partial charge in [0, 0.05) is 11.8 Å². The van der Waals surface area contributed by atoms with Gasteiger partial charge < -0.3 is 5.11 Å². The van der Waals surface area contributed by atoms with Crippen LogP contribution < -0.4 is 0 Å². The molecule has 0 radical (unpaired) electrons. The molecule has 19 heavy (non-hydrogen) atoms. The van der Waals surface area contributed by atoms with Crippen molar-refractivity contribution in [2.24, 2.45) is 0 Å². The van der Waals surface area contributed by atoms with Crippen LogP contribution in [0.25, 0.3) is 5.52 Å². The lowest BCUT2D eigenvalue weighted by Crippen LogP contribution is -2.05. The quantitative estimate of drug-likeness (QED) is 0.769. The van der Waals surface area contributed by atoms with E-state index in [1.54, 1.807) is 24.4 Å². The second kappa shape index (κ2) is 4.44. The fraction of sp³-hybridized carbons (Fsp3) is 0.0714. The number of rotatable bonds is 2. The highest BCUT2D eigenvalue weighted by Crippen LogP contribution is 2.29. The van der Waals surface area contributed by atoms with Crippen LogP contribution in [0.5, 0.6) is 0 Å². The van der Waals surface area contributed by atoms with Gasteiger partial charge in [-0.2, -0.15) is 5.10 Å². The zero-order chi connectivity index (χ0) is 13.4. The molecule has 3 nitrogen and oxygen atoms in total. The summed E-state index contributed by atoms with van der Waals surface area (Å²) in [6.07, 6.45) is 1.72. The Hall–Kier alpha value is -2.27. The zero-order valence-corrected chi connectivity index (χ0v) is 9.79. The minimum absolute atomic E-state index is 0.360. The molecule has 0 bridgehead atoms. The van der Waals surface area contributed by atoms with Gasteiger partial charge in [0.2, 0.25) is 0 Å². The van der Waals surface area contributed by atoms with E-state index >= 15 is 0 Å². The van der Waals surface area contributed by atoms with Crippen molar-refractivity contribution < 1.29 is 13.9 Å². The van der Waals surface area contributed by atoms with Crippen LogP contribution in [0.1, 0.15) is 17.2 Å². The van der Waals surface area contributed by atoms with E-state index in [0.717, 1.165) is 12.1 Å². The molecule has 2 heterocycles. The molecule has 0 saturated heterocycles. The highest BCUT2D eigenvalue weighted by atomic mass is 19.1. The summed E-state index contributed by atoms with van der Waals surface area (Å²) in [4.78, 5) is 0. The second-order valence-electron chi connectivity index (χ2n) is 4.17. The Morgan fingerprint density at radius 1 is 1.05 bits per heavy atom. The van der Waals surface area contributed by atoms with E-state index in [1.165, 1.54) is 16.8 Å². The van der Waals surface area contributed by atoms with Crippen molar-refractivity contribution in [1.82, 2.24) is 9.61 Å². The van der Waals surface area contributed by atoms with Gasteiger partial charge in [0.05, 0.1) is 17.3 Å². The number of hydrogen-bond acceptors (Lipinski definition) is 2. The summed E-state index contributed by atoms with van der Waals surface area (Å²) < 4.78 is 28.9. The molecule has 96 valence electrons. The van der Waals surface area contributed by atoms with Gasteiger partial charge in [-0.25, -0.2) is 13.3 Å². The predicted octanol–water partition coefficient (Wildman–Crippen LogP) is 2.69. The smallest absolute Gasteiger partial charge is 0.132 e. The van der Waals surface area contributed by atoms with Crippen molar-refractivity contribution in [1.29, 1.82) is 0 Å². The summed E-state index contributed by atoms with van der Waals surface area (Å²) in [6, 6.07) is 8.77. The fourth-order valence-electron chi connectivity index (χ4n) is 2.09. The van der Waals surface area contributed by atoms with Crippen LogP contribution in [-0.2, 0) is 0 Å². The average Bonchev–Trinajstić information content (AvgIpc) is 2.82. The molecule has 1 unspecified atom stereocenters. The van der Waals surface area contributed by atoms with E-state index in [-0.39, 0.29) is 5.56 Å². The Morgan fingerprint density at radius 2 is 1.79 bits per heavy atom. The minimum atomic E-state index is -1.39. The Labute approximate surface area is 107 Å². The topological polar surface area (TPSA) is 37.5 Å². The van der Waals surface area contributed by atoms with Gasteiger partial charge >= 0.3 is 0 Å². The summed E-state index contributed by atoms with van der Waals surface area (Å²) >= 11 is 0. The van der Waals surface area contributed by atoms with Crippen LogP contribution in [-0.4, -0.2) is 14.7 Å². The molecule has 5 heteroatoms. The third kappa shape index (κ3) is 1.88. The van der Waals surface area contributed by atoms with Crippen molar-refractivity contribution in [2.45, 2.75) is 6.10 Å². The maximum Gasteiger partial charge on any atom is 0.132 e. The lowest BCUT2D eigenvalue weighted by molar-refractivity contribution is 0.210. The highest BCUT2D eigenvalue weighted by molar-refractivity contribution is 5.56. The van der Waals surface area contributed by atoms with Crippen molar-refractivity contribution in [3.8, 4) is 0 Å². The summed E-state index contributed by atoms with van der Waals surface area (Å²) in [6.45, 7) is 0. The Bertz CT molecular complexity index is 719. The van der Waals surface area contributed by atoms with Crippen LogP contribution in [0.3, 0.4) is 0 Å². The number of aromatic nitrogens is 2. The first-order valence-electron chi connectivity index (χ1n) is 5.72. The lowest BCUT2D eigenvalue weighted by atomic mass is 10.0. The van der Waals surface area contributed by atoms with Gasteiger partial charge in [-0.1, -0.05) is 12.1 Å². The first-order chi connectivity index (χ1) is 9.18. The number of aliphatic hydroxyl groups excluding tert-OH is 1. The molecule has 1 atom stereocenters. The molecule has 0 saturated carbocycles. The molecular weight excluding hydrogens is 250 g/mol. The summed E-state index contributed by atoms with van der Waals surface area (Å²) in [5.41, 5.74) is 0.614. The van der Waals surface area contributed by atoms with E-state index in [9.17, 15) is 13.9 Å². The monoisotopic (exact) mass is 260 g/mol. The summed E-state index contributed by atoms with van der Waals surface area (Å²) in [7, 11) is 0. The van der Waals surface area contributed by atoms with Crippen LogP contribution in [0.4, 0.5) is 8.78 Å². The van der Waals surface area contributed by atoms with E-state index < -0.39 is 17.7 Å². The number of aliphatic hydroxyl groups is 1. The van der Waals surface area contributed by atoms with E-state index in [1.807, 2.05) is 0 Å². The normalized spacial score (nSPS) is 12.8. The second-order valence-corrected chi connectivity index (χ2v) is 4.17. The maximum atomic E-state index is 13.7.